The summed E-state index contributed by atoms with van der Waals surface area (Å²) in [4.78, 5) is 0. The molecule has 72 valence electrons. The molecule has 1 aliphatic rings. The molecule has 1 aromatic rings. The molecule has 3 heteroatoms. The van der Waals surface area contributed by atoms with Crippen LogP contribution in [-0.2, 0) is 6.42 Å². The Morgan fingerprint density at radius 1 is 1.62 bits per heavy atom. The average Bonchev–Trinajstić information content (AvgIpc) is 2.72. The Morgan fingerprint density at radius 3 is 3.15 bits per heavy atom. The number of aryl methyl sites for hydroxylation is 1. The SMILES string of the molecule is NN1CCCC1CCc1ccco1. The zero-order valence-electron chi connectivity index (χ0n) is 7.78. The van der Waals surface area contributed by atoms with Crippen LogP contribution in [0.5, 0.6) is 0 Å². The number of furan rings is 1. The zero-order chi connectivity index (χ0) is 9.10. The number of rotatable bonds is 3. The van der Waals surface area contributed by atoms with Crippen LogP contribution < -0.4 is 5.84 Å². The lowest BCUT2D eigenvalue weighted by atomic mass is 10.1. The van der Waals surface area contributed by atoms with Crippen molar-refractivity contribution in [3.05, 3.63) is 24.2 Å². The van der Waals surface area contributed by atoms with Gasteiger partial charge in [0.2, 0.25) is 0 Å². The van der Waals surface area contributed by atoms with Crippen molar-refractivity contribution in [3.8, 4) is 0 Å². The maximum Gasteiger partial charge on any atom is 0.103 e. The monoisotopic (exact) mass is 180 g/mol. The topological polar surface area (TPSA) is 42.4 Å². The molecule has 1 aliphatic heterocycles. The highest BCUT2D eigenvalue weighted by atomic mass is 16.3. The van der Waals surface area contributed by atoms with E-state index < -0.39 is 0 Å². The number of hydrogen-bond acceptors (Lipinski definition) is 3. The minimum absolute atomic E-state index is 0.560. The molecular formula is C10H16N2O. The Kier molecular flexibility index (Phi) is 2.66. The molecule has 0 radical (unpaired) electrons. The summed E-state index contributed by atoms with van der Waals surface area (Å²) in [6.45, 7) is 1.04. The van der Waals surface area contributed by atoms with E-state index in [9.17, 15) is 0 Å². The fourth-order valence-corrected chi connectivity index (χ4v) is 1.93. The van der Waals surface area contributed by atoms with Crippen LogP contribution in [0.3, 0.4) is 0 Å². The molecule has 0 saturated carbocycles. The van der Waals surface area contributed by atoms with Gasteiger partial charge < -0.3 is 4.42 Å². The van der Waals surface area contributed by atoms with Gasteiger partial charge in [-0.05, 0) is 31.4 Å². The second kappa shape index (κ2) is 3.94. The van der Waals surface area contributed by atoms with Crippen molar-refractivity contribution in [1.29, 1.82) is 0 Å². The van der Waals surface area contributed by atoms with E-state index in [4.69, 9.17) is 10.3 Å². The van der Waals surface area contributed by atoms with Gasteiger partial charge in [-0.3, -0.25) is 5.84 Å². The van der Waals surface area contributed by atoms with Crippen LogP contribution in [0, 0.1) is 0 Å². The molecule has 2 N–H and O–H groups in total. The van der Waals surface area contributed by atoms with E-state index >= 15 is 0 Å². The number of nitrogens with zero attached hydrogens (tertiary/aromatic N) is 1. The number of nitrogens with two attached hydrogens (primary N) is 1. The summed E-state index contributed by atoms with van der Waals surface area (Å²) < 4.78 is 5.27. The highest BCUT2D eigenvalue weighted by Gasteiger charge is 2.21. The summed E-state index contributed by atoms with van der Waals surface area (Å²) in [5.74, 6) is 6.89. The van der Waals surface area contributed by atoms with Crippen molar-refractivity contribution < 1.29 is 4.42 Å². The molecule has 1 saturated heterocycles. The fraction of sp³-hybridized carbons (Fsp3) is 0.600. The van der Waals surface area contributed by atoms with Crippen molar-refractivity contribution in [3.63, 3.8) is 0 Å². The highest BCUT2D eigenvalue weighted by molar-refractivity contribution is 4.98. The zero-order valence-corrected chi connectivity index (χ0v) is 7.78. The third kappa shape index (κ3) is 2.11. The minimum Gasteiger partial charge on any atom is -0.469 e. The van der Waals surface area contributed by atoms with Crippen molar-refractivity contribution >= 4 is 0 Å². The molecule has 1 fully saturated rings. The van der Waals surface area contributed by atoms with Gasteiger partial charge in [0.1, 0.15) is 5.76 Å². The van der Waals surface area contributed by atoms with Gasteiger partial charge in [0, 0.05) is 19.0 Å². The Hall–Kier alpha value is -0.800. The summed E-state index contributed by atoms with van der Waals surface area (Å²) >= 11 is 0. The number of hydrazine groups is 1. The molecule has 13 heavy (non-hydrogen) atoms. The van der Waals surface area contributed by atoms with Crippen LogP contribution in [0.1, 0.15) is 25.0 Å². The predicted octanol–water partition coefficient (Wildman–Crippen LogP) is 1.55. The largest absolute Gasteiger partial charge is 0.469 e. The Morgan fingerprint density at radius 2 is 2.54 bits per heavy atom. The molecule has 2 heterocycles. The minimum atomic E-state index is 0.560. The van der Waals surface area contributed by atoms with Gasteiger partial charge in [-0.2, -0.15) is 0 Å². The van der Waals surface area contributed by atoms with E-state index in [-0.39, 0.29) is 0 Å². The first-order valence-electron chi connectivity index (χ1n) is 4.90. The lowest BCUT2D eigenvalue weighted by Gasteiger charge is -2.17. The van der Waals surface area contributed by atoms with Crippen LogP contribution >= 0.6 is 0 Å². The molecule has 3 nitrogen and oxygen atoms in total. The van der Waals surface area contributed by atoms with Crippen LogP contribution in [0.4, 0.5) is 0 Å². The molecule has 0 aliphatic carbocycles. The van der Waals surface area contributed by atoms with Gasteiger partial charge in [0.25, 0.3) is 0 Å². The fourth-order valence-electron chi connectivity index (χ4n) is 1.93. The standard InChI is InChI=1S/C10H16N2O/c11-12-7-1-3-9(12)5-6-10-4-2-8-13-10/h2,4,8-9H,1,3,5-7,11H2. The average molecular weight is 180 g/mol. The van der Waals surface area contributed by atoms with Crippen molar-refractivity contribution in [2.45, 2.75) is 31.7 Å². The maximum atomic E-state index is 5.82. The van der Waals surface area contributed by atoms with E-state index in [0.29, 0.717) is 6.04 Å². The first kappa shape index (κ1) is 8.78. The molecule has 1 atom stereocenters. The van der Waals surface area contributed by atoms with Gasteiger partial charge >= 0.3 is 0 Å². The molecular weight excluding hydrogens is 164 g/mol. The number of hydrogen-bond donors (Lipinski definition) is 1. The summed E-state index contributed by atoms with van der Waals surface area (Å²) in [6.07, 6.45) is 6.32. The van der Waals surface area contributed by atoms with Gasteiger partial charge in [-0.1, -0.05) is 0 Å². The summed E-state index contributed by atoms with van der Waals surface area (Å²) in [5.41, 5.74) is 0. The molecule has 0 spiro atoms. The van der Waals surface area contributed by atoms with Crippen molar-refractivity contribution in [2.75, 3.05) is 6.54 Å². The van der Waals surface area contributed by atoms with Crippen molar-refractivity contribution in [2.24, 2.45) is 5.84 Å². The Balaban J connectivity index is 1.79. The van der Waals surface area contributed by atoms with Gasteiger partial charge in [0.05, 0.1) is 6.26 Å². The molecule has 0 amide bonds. The van der Waals surface area contributed by atoms with E-state index in [0.717, 1.165) is 25.1 Å². The van der Waals surface area contributed by atoms with Crippen LogP contribution in [0.15, 0.2) is 22.8 Å². The summed E-state index contributed by atoms with van der Waals surface area (Å²) in [6, 6.07) is 4.52. The second-order valence-corrected chi connectivity index (χ2v) is 3.65. The smallest absolute Gasteiger partial charge is 0.103 e. The normalized spacial score (nSPS) is 23.9. The molecule has 0 bridgehead atoms. The Labute approximate surface area is 78.5 Å². The molecule has 1 aromatic heterocycles. The highest BCUT2D eigenvalue weighted by Crippen LogP contribution is 2.18. The lowest BCUT2D eigenvalue weighted by Crippen LogP contribution is -2.35. The summed E-state index contributed by atoms with van der Waals surface area (Å²) in [5, 5.41) is 1.96. The molecule has 1 unspecified atom stereocenters. The quantitative estimate of drug-likeness (QED) is 0.718. The predicted molar refractivity (Wildman–Crippen MR) is 50.9 cm³/mol. The third-order valence-corrected chi connectivity index (χ3v) is 2.73. The van der Waals surface area contributed by atoms with E-state index in [1.807, 2.05) is 17.1 Å². The maximum absolute atomic E-state index is 5.82. The van der Waals surface area contributed by atoms with Gasteiger partial charge in [0.15, 0.2) is 0 Å². The third-order valence-electron chi connectivity index (χ3n) is 2.73. The van der Waals surface area contributed by atoms with Crippen LogP contribution in [0.2, 0.25) is 0 Å². The van der Waals surface area contributed by atoms with E-state index in [1.54, 1.807) is 6.26 Å². The second-order valence-electron chi connectivity index (χ2n) is 3.65. The van der Waals surface area contributed by atoms with Crippen LogP contribution in [0.25, 0.3) is 0 Å². The molecule has 0 aromatic carbocycles. The Bertz CT molecular complexity index is 245. The first-order chi connectivity index (χ1) is 6.36. The molecule has 2 rings (SSSR count). The van der Waals surface area contributed by atoms with Crippen LogP contribution in [-0.4, -0.2) is 17.6 Å². The summed E-state index contributed by atoms with van der Waals surface area (Å²) in [7, 11) is 0. The first-order valence-corrected chi connectivity index (χ1v) is 4.90. The van der Waals surface area contributed by atoms with Crippen molar-refractivity contribution in [1.82, 2.24) is 5.01 Å². The van der Waals surface area contributed by atoms with Gasteiger partial charge in [-0.15, -0.1) is 0 Å². The van der Waals surface area contributed by atoms with E-state index in [1.165, 1.54) is 12.8 Å². The van der Waals surface area contributed by atoms with E-state index in [2.05, 4.69) is 0 Å². The lowest BCUT2D eigenvalue weighted by molar-refractivity contribution is 0.247. The van der Waals surface area contributed by atoms with Gasteiger partial charge in [-0.25, -0.2) is 5.01 Å².